The van der Waals surface area contributed by atoms with Gasteiger partial charge in [-0.1, -0.05) is 0 Å². The number of methoxy groups -OCH3 is 6. The molecule has 0 atom stereocenters. The predicted octanol–water partition coefficient (Wildman–Crippen LogP) is 5.40. The fourth-order valence-corrected chi connectivity index (χ4v) is 4.56. The van der Waals surface area contributed by atoms with Crippen molar-refractivity contribution >= 4 is 11.4 Å². The molecule has 0 aliphatic rings. The van der Waals surface area contributed by atoms with Crippen molar-refractivity contribution in [2.45, 2.75) is 0 Å². The van der Waals surface area contributed by atoms with Crippen LogP contribution in [0.1, 0.15) is 0 Å². The molecule has 2 heterocycles. The number of anilines is 2. The summed E-state index contributed by atoms with van der Waals surface area (Å²) in [6.07, 6.45) is 3.56. The predicted molar refractivity (Wildman–Crippen MR) is 166 cm³/mol. The second-order valence-electron chi connectivity index (χ2n) is 9.09. The van der Waals surface area contributed by atoms with Crippen LogP contribution < -0.4 is 39.1 Å². The molecule has 0 fully saturated rings. The van der Waals surface area contributed by atoms with Crippen LogP contribution in [-0.2, 0) is 4.74 Å². The monoisotopic (exact) mass is 590 g/mol. The molecule has 2 aromatic carbocycles. The zero-order chi connectivity index (χ0) is 30.6. The first-order valence-electron chi connectivity index (χ1n) is 13.6. The molecule has 0 unspecified atom stereocenters. The van der Waals surface area contributed by atoms with Crippen LogP contribution in [0.2, 0.25) is 0 Å². The van der Waals surface area contributed by atoms with Gasteiger partial charge < -0.3 is 43.8 Å². The number of hydrogen-bond donors (Lipinski definition) is 2. The molecular formula is C32H38N4O7. The van der Waals surface area contributed by atoms with Crippen LogP contribution in [-0.4, -0.2) is 78.9 Å². The number of hydrogen-bond acceptors (Lipinski definition) is 11. The third-order valence-electron chi connectivity index (χ3n) is 6.64. The van der Waals surface area contributed by atoms with Crippen LogP contribution in [0.25, 0.3) is 22.5 Å². The van der Waals surface area contributed by atoms with Gasteiger partial charge in [0.05, 0.1) is 91.0 Å². The number of aromatic nitrogens is 2. The third-order valence-corrected chi connectivity index (χ3v) is 6.64. The largest absolute Gasteiger partial charge is 0.493 e. The molecule has 0 saturated heterocycles. The Labute approximate surface area is 252 Å². The van der Waals surface area contributed by atoms with Crippen molar-refractivity contribution in [3.05, 3.63) is 60.9 Å². The fraction of sp³-hybridized carbons (Fsp3) is 0.312. The van der Waals surface area contributed by atoms with Gasteiger partial charge in [-0.25, -0.2) is 0 Å². The Morgan fingerprint density at radius 2 is 0.907 bits per heavy atom. The Balaban J connectivity index is 1.21. The molecule has 11 nitrogen and oxygen atoms in total. The Kier molecular flexibility index (Phi) is 11.1. The lowest BCUT2D eigenvalue weighted by molar-refractivity contribution is 0.154. The zero-order valence-electron chi connectivity index (χ0n) is 25.4. The van der Waals surface area contributed by atoms with Crippen LogP contribution in [0.5, 0.6) is 34.5 Å². The number of pyridine rings is 2. The molecule has 0 radical (unpaired) electrons. The van der Waals surface area contributed by atoms with Crippen LogP contribution in [0.4, 0.5) is 11.4 Å². The van der Waals surface area contributed by atoms with Crippen molar-refractivity contribution in [1.29, 1.82) is 0 Å². The molecule has 4 rings (SSSR count). The minimum atomic E-state index is 0.529. The standard InChI is InChI=1S/C32H38N4O7/c1-37-27-13-9-23(29(39-3)31(27)41-5)25-11-7-21(19-35-25)33-15-17-43-18-16-34-22-8-12-26(36-20-22)24-10-14-28(38-2)32(42-6)30(24)40-4/h7-14,19-20,33-34H,15-18H2,1-6H3. The number of ether oxygens (including phenoxy) is 7. The van der Waals surface area contributed by atoms with Crippen LogP contribution in [0.15, 0.2) is 60.9 Å². The van der Waals surface area contributed by atoms with E-state index in [-0.39, 0.29) is 0 Å². The average molecular weight is 591 g/mol. The summed E-state index contributed by atoms with van der Waals surface area (Å²) in [6, 6.07) is 15.3. The highest BCUT2D eigenvalue weighted by Gasteiger charge is 2.19. The Morgan fingerprint density at radius 3 is 1.23 bits per heavy atom. The normalized spacial score (nSPS) is 10.6. The first kappa shape index (κ1) is 31.0. The molecule has 0 aliphatic heterocycles. The van der Waals surface area contributed by atoms with E-state index in [0.717, 1.165) is 33.9 Å². The van der Waals surface area contributed by atoms with E-state index in [9.17, 15) is 0 Å². The molecule has 0 amide bonds. The minimum Gasteiger partial charge on any atom is -0.493 e. The summed E-state index contributed by atoms with van der Waals surface area (Å²) >= 11 is 0. The second kappa shape index (κ2) is 15.4. The lowest BCUT2D eigenvalue weighted by Crippen LogP contribution is -2.14. The van der Waals surface area contributed by atoms with E-state index in [1.807, 2.05) is 48.5 Å². The van der Waals surface area contributed by atoms with Gasteiger partial charge in [0, 0.05) is 24.2 Å². The van der Waals surface area contributed by atoms with E-state index in [1.165, 1.54) is 0 Å². The number of nitrogens with one attached hydrogen (secondary N) is 2. The first-order valence-corrected chi connectivity index (χ1v) is 13.6. The highest BCUT2D eigenvalue weighted by atomic mass is 16.5. The quantitative estimate of drug-likeness (QED) is 0.163. The van der Waals surface area contributed by atoms with Gasteiger partial charge >= 0.3 is 0 Å². The summed E-state index contributed by atoms with van der Waals surface area (Å²) in [5.41, 5.74) is 4.93. The maximum absolute atomic E-state index is 5.77. The van der Waals surface area contributed by atoms with Gasteiger partial charge in [-0.3, -0.25) is 9.97 Å². The summed E-state index contributed by atoms with van der Waals surface area (Å²) < 4.78 is 38.6. The SMILES string of the molecule is COc1ccc(-c2ccc(NCCOCCNc3ccc(-c4ccc(OC)c(OC)c4OC)nc3)cn2)c(OC)c1OC. The average Bonchev–Trinajstić information content (AvgIpc) is 3.06. The molecule has 43 heavy (non-hydrogen) atoms. The van der Waals surface area contributed by atoms with E-state index >= 15 is 0 Å². The fourth-order valence-electron chi connectivity index (χ4n) is 4.56. The van der Waals surface area contributed by atoms with Crippen molar-refractivity contribution in [2.24, 2.45) is 0 Å². The van der Waals surface area contributed by atoms with E-state index < -0.39 is 0 Å². The van der Waals surface area contributed by atoms with Crippen LogP contribution in [0, 0.1) is 0 Å². The first-order chi connectivity index (χ1) is 21.1. The lowest BCUT2D eigenvalue weighted by Gasteiger charge is -2.16. The van der Waals surface area contributed by atoms with Crippen molar-refractivity contribution in [2.75, 3.05) is 79.6 Å². The topological polar surface area (TPSA) is 114 Å². The summed E-state index contributed by atoms with van der Waals surface area (Å²) in [5.74, 6) is 3.39. The lowest BCUT2D eigenvalue weighted by atomic mass is 10.1. The Hall–Kier alpha value is -4.90. The molecule has 4 aromatic rings. The second-order valence-corrected chi connectivity index (χ2v) is 9.09. The smallest absolute Gasteiger partial charge is 0.203 e. The van der Waals surface area contributed by atoms with Crippen molar-refractivity contribution < 1.29 is 33.2 Å². The van der Waals surface area contributed by atoms with E-state index in [2.05, 4.69) is 20.6 Å². The Bertz CT molecular complexity index is 1350. The molecule has 228 valence electrons. The molecule has 2 N–H and O–H groups in total. The highest BCUT2D eigenvalue weighted by molar-refractivity contribution is 5.75. The van der Waals surface area contributed by atoms with Crippen LogP contribution >= 0.6 is 0 Å². The number of benzene rings is 2. The van der Waals surface area contributed by atoms with Crippen molar-refractivity contribution in [1.82, 2.24) is 9.97 Å². The van der Waals surface area contributed by atoms with Crippen LogP contribution in [0.3, 0.4) is 0 Å². The van der Waals surface area contributed by atoms with E-state index in [1.54, 1.807) is 55.1 Å². The number of rotatable bonds is 16. The molecule has 0 bridgehead atoms. The molecule has 2 aromatic heterocycles. The van der Waals surface area contributed by atoms with Gasteiger partial charge in [0.15, 0.2) is 23.0 Å². The molecule has 11 heteroatoms. The third kappa shape index (κ3) is 7.31. The molecular weight excluding hydrogens is 552 g/mol. The molecule has 0 aliphatic carbocycles. The Morgan fingerprint density at radius 1 is 0.488 bits per heavy atom. The molecule has 0 saturated carbocycles. The van der Waals surface area contributed by atoms with Crippen molar-refractivity contribution in [3.8, 4) is 57.0 Å². The maximum Gasteiger partial charge on any atom is 0.203 e. The summed E-state index contributed by atoms with van der Waals surface area (Å²) in [5, 5.41) is 6.65. The van der Waals surface area contributed by atoms with Gasteiger partial charge in [-0.05, 0) is 48.5 Å². The number of nitrogens with zero attached hydrogens (tertiary/aromatic N) is 2. The minimum absolute atomic E-state index is 0.529. The van der Waals surface area contributed by atoms with Gasteiger partial charge in [-0.2, -0.15) is 0 Å². The van der Waals surface area contributed by atoms with Gasteiger partial charge in [0.1, 0.15) is 0 Å². The summed E-state index contributed by atoms with van der Waals surface area (Å²) in [4.78, 5) is 9.17. The van der Waals surface area contributed by atoms with Crippen molar-refractivity contribution in [3.63, 3.8) is 0 Å². The van der Waals surface area contributed by atoms with Gasteiger partial charge in [0.2, 0.25) is 11.5 Å². The maximum atomic E-state index is 5.77. The zero-order valence-corrected chi connectivity index (χ0v) is 25.4. The van der Waals surface area contributed by atoms with E-state index in [0.29, 0.717) is 60.8 Å². The highest BCUT2D eigenvalue weighted by Crippen LogP contribution is 2.44. The molecule has 0 spiro atoms. The van der Waals surface area contributed by atoms with Gasteiger partial charge in [0.25, 0.3) is 0 Å². The summed E-state index contributed by atoms with van der Waals surface area (Å²) in [7, 11) is 9.53. The van der Waals surface area contributed by atoms with E-state index in [4.69, 9.17) is 33.2 Å². The summed E-state index contributed by atoms with van der Waals surface area (Å²) in [6.45, 7) is 2.38. The van der Waals surface area contributed by atoms with Gasteiger partial charge in [-0.15, -0.1) is 0 Å².